The minimum atomic E-state index is -0.0585. The zero-order chi connectivity index (χ0) is 21.8. The summed E-state index contributed by atoms with van der Waals surface area (Å²) in [4.78, 5) is 17.1. The molecule has 0 atom stereocenters. The van der Waals surface area contributed by atoms with Crippen LogP contribution in [-0.4, -0.2) is 51.7 Å². The fourth-order valence-electron chi connectivity index (χ4n) is 3.82. The van der Waals surface area contributed by atoms with Crippen LogP contribution in [0.25, 0.3) is 0 Å². The van der Waals surface area contributed by atoms with Gasteiger partial charge in [-0.1, -0.05) is 18.2 Å². The molecule has 31 heavy (non-hydrogen) atoms. The fraction of sp³-hybridized carbons (Fsp3) is 0.417. The first kappa shape index (κ1) is 21.2. The number of rotatable bonds is 7. The Balaban J connectivity index is 1.28. The molecule has 0 aliphatic carbocycles. The zero-order valence-electron chi connectivity index (χ0n) is 18.5. The zero-order valence-corrected chi connectivity index (χ0v) is 18.5. The molecule has 0 unspecified atom stereocenters. The van der Waals surface area contributed by atoms with Crippen LogP contribution in [0, 0.1) is 13.8 Å². The fourth-order valence-corrected chi connectivity index (χ4v) is 3.82. The normalized spacial score (nSPS) is 14.7. The number of hydrogen-bond donors (Lipinski definition) is 0. The minimum Gasteiger partial charge on any atom is -0.485 e. The lowest BCUT2D eigenvalue weighted by molar-refractivity contribution is 0.0594. The Morgan fingerprint density at radius 3 is 2.58 bits per heavy atom. The molecular formula is C24H30N4O3. The van der Waals surface area contributed by atoms with Crippen LogP contribution in [0.5, 0.6) is 5.75 Å². The van der Waals surface area contributed by atoms with Gasteiger partial charge >= 0.3 is 0 Å². The van der Waals surface area contributed by atoms with Crippen LogP contribution in [-0.2, 0) is 19.7 Å². The molecule has 0 spiro atoms. The molecule has 4 rings (SSSR count). The lowest BCUT2D eigenvalue weighted by atomic mass is 10.2. The van der Waals surface area contributed by atoms with E-state index in [4.69, 9.17) is 9.15 Å². The number of aromatic nitrogens is 2. The molecule has 2 aromatic heterocycles. The van der Waals surface area contributed by atoms with Crippen molar-refractivity contribution in [2.24, 2.45) is 0 Å². The van der Waals surface area contributed by atoms with E-state index in [1.165, 1.54) is 5.56 Å². The van der Waals surface area contributed by atoms with Gasteiger partial charge in [0.1, 0.15) is 18.1 Å². The number of furan rings is 1. The summed E-state index contributed by atoms with van der Waals surface area (Å²) in [6.07, 6.45) is 2.12. The molecular weight excluding hydrogens is 392 g/mol. The molecule has 3 heterocycles. The van der Waals surface area contributed by atoms with Gasteiger partial charge in [0.2, 0.25) is 0 Å². The second kappa shape index (κ2) is 9.39. The van der Waals surface area contributed by atoms with Crippen molar-refractivity contribution >= 4 is 5.91 Å². The smallest absolute Gasteiger partial charge is 0.289 e. The summed E-state index contributed by atoms with van der Waals surface area (Å²) >= 11 is 0. The Labute approximate surface area is 183 Å². The van der Waals surface area contributed by atoms with E-state index in [1.807, 2.05) is 46.8 Å². The Morgan fingerprint density at radius 2 is 1.87 bits per heavy atom. The molecule has 1 fully saturated rings. The van der Waals surface area contributed by atoms with Gasteiger partial charge in [0, 0.05) is 51.0 Å². The maximum atomic E-state index is 12.9. The van der Waals surface area contributed by atoms with E-state index in [2.05, 4.69) is 30.0 Å². The molecule has 1 amide bonds. The monoisotopic (exact) mass is 422 g/mol. The van der Waals surface area contributed by atoms with Crippen LogP contribution >= 0.6 is 0 Å². The molecule has 0 saturated carbocycles. The summed E-state index contributed by atoms with van der Waals surface area (Å²) in [6, 6.07) is 11.4. The van der Waals surface area contributed by atoms with Crippen LogP contribution in [0.2, 0.25) is 0 Å². The summed E-state index contributed by atoms with van der Waals surface area (Å²) in [5, 5.41) is 4.52. The van der Waals surface area contributed by atoms with Crippen molar-refractivity contribution in [3.05, 3.63) is 70.9 Å². The van der Waals surface area contributed by atoms with Crippen molar-refractivity contribution in [3.63, 3.8) is 0 Å². The number of benzene rings is 1. The highest BCUT2D eigenvalue weighted by molar-refractivity contribution is 5.91. The number of para-hydroxylation sites is 1. The van der Waals surface area contributed by atoms with Crippen LogP contribution in [0.15, 0.2) is 47.0 Å². The molecule has 1 aromatic carbocycles. The highest BCUT2D eigenvalue weighted by Crippen LogP contribution is 2.20. The lowest BCUT2D eigenvalue weighted by Crippen LogP contribution is -2.48. The van der Waals surface area contributed by atoms with Gasteiger partial charge in [-0.3, -0.25) is 14.4 Å². The van der Waals surface area contributed by atoms with Crippen molar-refractivity contribution in [2.75, 3.05) is 26.2 Å². The average molecular weight is 423 g/mol. The van der Waals surface area contributed by atoms with E-state index < -0.39 is 0 Å². The molecule has 3 aromatic rings. The molecule has 0 N–H and O–H groups in total. The number of carbonyl (C=O) groups excluding carboxylic acids is 1. The largest absolute Gasteiger partial charge is 0.485 e. The van der Waals surface area contributed by atoms with Crippen molar-refractivity contribution in [2.45, 2.75) is 40.5 Å². The molecule has 1 aliphatic rings. The van der Waals surface area contributed by atoms with Gasteiger partial charge < -0.3 is 14.1 Å². The summed E-state index contributed by atoms with van der Waals surface area (Å²) in [5.41, 5.74) is 3.41. The number of hydrogen-bond acceptors (Lipinski definition) is 5. The third-order valence-corrected chi connectivity index (χ3v) is 5.76. The topological polar surface area (TPSA) is 63.7 Å². The van der Waals surface area contributed by atoms with E-state index in [1.54, 1.807) is 6.07 Å². The summed E-state index contributed by atoms with van der Waals surface area (Å²) < 4.78 is 13.6. The van der Waals surface area contributed by atoms with Gasteiger partial charge in [-0.05, 0) is 44.5 Å². The standard InChI is InChI=1S/C24H30N4O3/c1-4-28-16-20(19(3)25-28)15-26-11-13-27(14-12-26)24(29)23-10-9-21(31-23)17-30-22-8-6-5-7-18(22)2/h5-10,16H,4,11-15,17H2,1-3H3. The maximum absolute atomic E-state index is 12.9. The molecule has 7 nitrogen and oxygen atoms in total. The van der Waals surface area contributed by atoms with Gasteiger partial charge in [0.15, 0.2) is 5.76 Å². The Morgan fingerprint density at radius 1 is 1.10 bits per heavy atom. The van der Waals surface area contributed by atoms with Crippen molar-refractivity contribution in [1.82, 2.24) is 19.6 Å². The van der Waals surface area contributed by atoms with E-state index in [0.717, 1.165) is 43.2 Å². The molecule has 7 heteroatoms. The predicted octanol–water partition coefficient (Wildman–Crippen LogP) is 3.65. The Hall–Kier alpha value is -3.06. The second-order valence-electron chi connectivity index (χ2n) is 7.98. The van der Waals surface area contributed by atoms with Gasteiger partial charge in [0.25, 0.3) is 5.91 Å². The average Bonchev–Trinajstić information content (AvgIpc) is 3.40. The molecule has 0 bridgehead atoms. The van der Waals surface area contributed by atoms with Crippen LogP contribution in [0.3, 0.4) is 0 Å². The highest BCUT2D eigenvalue weighted by atomic mass is 16.5. The van der Waals surface area contributed by atoms with Crippen LogP contribution in [0.4, 0.5) is 0 Å². The number of piperazine rings is 1. The summed E-state index contributed by atoms with van der Waals surface area (Å²) in [6.45, 7) is 11.3. The van der Waals surface area contributed by atoms with E-state index in [9.17, 15) is 4.79 Å². The third-order valence-electron chi connectivity index (χ3n) is 5.76. The van der Waals surface area contributed by atoms with E-state index >= 15 is 0 Å². The quantitative estimate of drug-likeness (QED) is 0.582. The first-order chi connectivity index (χ1) is 15.0. The first-order valence-electron chi connectivity index (χ1n) is 10.8. The number of ether oxygens (including phenoxy) is 1. The highest BCUT2D eigenvalue weighted by Gasteiger charge is 2.25. The van der Waals surface area contributed by atoms with Gasteiger partial charge in [-0.15, -0.1) is 0 Å². The Kier molecular flexibility index (Phi) is 6.42. The van der Waals surface area contributed by atoms with Gasteiger partial charge in [0.05, 0.1) is 5.69 Å². The summed E-state index contributed by atoms with van der Waals surface area (Å²) in [7, 11) is 0. The lowest BCUT2D eigenvalue weighted by Gasteiger charge is -2.34. The van der Waals surface area contributed by atoms with Gasteiger partial charge in [-0.2, -0.15) is 5.10 Å². The third kappa shape index (κ3) is 4.99. The number of aryl methyl sites for hydroxylation is 3. The van der Waals surface area contributed by atoms with E-state index in [0.29, 0.717) is 31.2 Å². The number of amides is 1. The van der Waals surface area contributed by atoms with Crippen molar-refractivity contribution in [1.29, 1.82) is 0 Å². The van der Waals surface area contributed by atoms with Crippen LogP contribution < -0.4 is 4.74 Å². The second-order valence-corrected chi connectivity index (χ2v) is 7.98. The van der Waals surface area contributed by atoms with E-state index in [-0.39, 0.29) is 5.91 Å². The van der Waals surface area contributed by atoms with Crippen LogP contribution in [0.1, 0.15) is 40.1 Å². The maximum Gasteiger partial charge on any atom is 0.289 e. The molecule has 1 saturated heterocycles. The predicted molar refractivity (Wildman–Crippen MR) is 118 cm³/mol. The molecule has 0 radical (unpaired) electrons. The number of nitrogens with zero attached hydrogens (tertiary/aromatic N) is 4. The van der Waals surface area contributed by atoms with Crippen molar-refractivity contribution < 1.29 is 13.9 Å². The molecule has 164 valence electrons. The van der Waals surface area contributed by atoms with Gasteiger partial charge in [-0.25, -0.2) is 0 Å². The number of carbonyl (C=O) groups is 1. The van der Waals surface area contributed by atoms with Crippen molar-refractivity contribution in [3.8, 4) is 5.75 Å². The minimum absolute atomic E-state index is 0.0585. The summed E-state index contributed by atoms with van der Waals surface area (Å²) in [5.74, 6) is 1.78. The Bertz CT molecular complexity index is 1030. The SMILES string of the molecule is CCn1cc(CN2CCN(C(=O)c3ccc(COc4ccccc4C)o3)CC2)c(C)n1. The first-order valence-corrected chi connectivity index (χ1v) is 10.8. The molecule has 1 aliphatic heterocycles.